The molecule has 0 bridgehead atoms. The van der Waals surface area contributed by atoms with Crippen LogP contribution in [0, 0.1) is 6.92 Å². The maximum absolute atomic E-state index is 10.3. The van der Waals surface area contributed by atoms with Crippen LogP contribution in [0.3, 0.4) is 0 Å². The summed E-state index contributed by atoms with van der Waals surface area (Å²) in [5.74, 6) is -0.690. The molecule has 0 saturated carbocycles. The molecule has 1 aromatic rings. The molecule has 84 valence electrons. The molecule has 0 radical (unpaired) electrons. The Morgan fingerprint density at radius 3 is 2.73 bits per heavy atom. The van der Waals surface area contributed by atoms with Gasteiger partial charge < -0.3 is 5.11 Å². The monoisotopic (exact) mass is 290 g/mol. The molecule has 2 nitrogen and oxygen atoms in total. The van der Waals surface area contributed by atoms with Crippen molar-refractivity contribution in [1.82, 2.24) is 0 Å². The second-order valence-electron chi connectivity index (χ2n) is 3.62. The van der Waals surface area contributed by atoms with Gasteiger partial charge >= 0.3 is 5.97 Å². The Hall–Kier alpha value is -0.350. The van der Waals surface area contributed by atoms with Gasteiger partial charge in [-0.1, -0.05) is 6.42 Å². The van der Waals surface area contributed by atoms with Crippen LogP contribution in [0.4, 0.5) is 0 Å². The van der Waals surface area contributed by atoms with Crippen molar-refractivity contribution in [3.63, 3.8) is 0 Å². The third-order valence-electron chi connectivity index (χ3n) is 2.22. The van der Waals surface area contributed by atoms with E-state index in [-0.39, 0.29) is 0 Å². The molecular formula is C11H15BrO2S. The van der Waals surface area contributed by atoms with E-state index in [1.165, 1.54) is 14.2 Å². The number of carboxylic acids is 1. The molecule has 0 amide bonds. The Balaban J connectivity index is 2.18. The van der Waals surface area contributed by atoms with Gasteiger partial charge in [-0.2, -0.15) is 0 Å². The molecule has 0 fully saturated rings. The molecule has 1 heterocycles. The van der Waals surface area contributed by atoms with Crippen molar-refractivity contribution >= 4 is 33.2 Å². The van der Waals surface area contributed by atoms with E-state index in [9.17, 15) is 4.79 Å². The summed E-state index contributed by atoms with van der Waals surface area (Å²) in [4.78, 5) is 11.7. The van der Waals surface area contributed by atoms with Crippen molar-refractivity contribution in [2.75, 3.05) is 0 Å². The van der Waals surface area contributed by atoms with Crippen LogP contribution in [-0.4, -0.2) is 11.1 Å². The number of hydrogen-bond acceptors (Lipinski definition) is 2. The summed E-state index contributed by atoms with van der Waals surface area (Å²) in [6.45, 7) is 2.09. The van der Waals surface area contributed by atoms with Gasteiger partial charge in [-0.05, 0) is 53.7 Å². The van der Waals surface area contributed by atoms with Gasteiger partial charge in [0.25, 0.3) is 0 Å². The lowest BCUT2D eigenvalue weighted by atomic mass is 10.1. The number of carbonyl (C=O) groups is 1. The highest BCUT2D eigenvalue weighted by Gasteiger charge is 2.02. The van der Waals surface area contributed by atoms with E-state index >= 15 is 0 Å². The van der Waals surface area contributed by atoms with Crippen LogP contribution in [-0.2, 0) is 11.2 Å². The largest absolute Gasteiger partial charge is 0.481 e. The molecule has 0 aliphatic rings. The Labute approximate surface area is 102 Å². The smallest absolute Gasteiger partial charge is 0.303 e. The number of carboxylic acid groups (broad SMARTS) is 1. The molecule has 0 saturated heterocycles. The van der Waals surface area contributed by atoms with Gasteiger partial charge in [0.05, 0.1) is 3.79 Å². The Morgan fingerprint density at radius 2 is 2.20 bits per heavy atom. The molecule has 1 N–H and O–H groups in total. The summed E-state index contributed by atoms with van der Waals surface area (Å²) in [7, 11) is 0. The standard InChI is InChI=1S/C11H15BrO2S/c1-8-7-9(15-11(8)12)5-3-2-4-6-10(13)14/h7H,2-6H2,1H3,(H,13,14). The van der Waals surface area contributed by atoms with Gasteiger partial charge in [0.15, 0.2) is 0 Å². The normalized spacial score (nSPS) is 10.5. The second kappa shape index (κ2) is 6.28. The van der Waals surface area contributed by atoms with E-state index in [1.807, 2.05) is 0 Å². The maximum Gasteiger partial charge on any atom is 0.303 e. The summed E-state index contributed by atoms with van der Waals surface area (Å²) < 4.78 is 1.21. The number of aliphatic carboxylic acids is 1. The minimum Gasteiger partial charge on any atom is -0.481 e. The molecule has 15 heavy (non-hydrogen) atoms. The average molecular weight is 291 g/mol. The molecule has 0 spiro atoms. The first-order valence-electron chi connectivity index (χ1n) is 5.06. The van der Waals surface area contributed by atoms with Crippen LogP contribution in [0.25, 0.3) is 0 Å². The fourth-order valence-electron chi connectivity index (χ4n) is 1.40. The number of aryl methyl sites for hydroxylation is 2. The van der Waals surface area contributed by atoms with Gasteiger partial charge in [0.1, 0.15) is 0 Å². The lowest BCUT2D eigenvalue weighted by Crippen LogP contribution is -1.93. The minimum atomic E-state index is -0.690. The number of unbranched alkanes of at least 4 members (excludes halogenated alkanes) is 2. The van der Waals surface area contributed by atoms with Crippen LogP contribution in [0.5, 0.6) is 0 Å². The summed E-state index contributed by atoms with van der Waals surface area (Å²) in [5, 5.41) is 8.47. The third kappa shape index (κ3) is 4.80. The quantitative estimate of drug-likeness (QED) is 0.804. The van der Waals surface area contributed by atoms with E-state index < -0.39 is 5.97 Å². The predicted molar refractivity (Wildman–Crippen MR) is 66.6 cm³/mol. The summed E-state index contributed by atoms with van der Waals surface area (Å²) >= 11 is 5.28. The first-order valence-corrected chi connectivity index (χ1v) is 6.67. The summed E-state index contributed by atoms with van der Waals surface area (Å²) in [5.41, 5.74) is 1.29. The van der Waals surface area contributed by atoms with Gasteiger partial charge in [0.2, 0.25) is 0 Å². The Bertz CT molecular complexity index is 314. The van der Waals surface area contributed by atoms with E-state index in [0.717, 1.165) is 25.7 Å². The van der Waals surface area contributed by atoms with E-state index in [1.54, 1.807) is 11.3 Å². The lowest BCUT2D eigenvalue weighted by Gasteiger charge is -1.97. The predicted octanol–water partition coefficient (Wildman–Crippen LogP) is 4.01. The molecule has 1 aromatic heterocycles. The minimum absolute atomic E-state index is 0.299. The Morgan fingerprint density at radius 1 is 1.47 bits per heavy atom. The fourth-order valence-corrected chi connectivity index (χ4v) is 3.07. The van der Waals surface area contributed by atoms with Gasteiger partial charge in [-0.25, -0.2) is 0 Å². The van der Waals surface area contributed by atoms with E-state index in [2.05, 4.69) is 28.9 Å². The Kier molecular flexibility index (Phi) is 5.32. The highest BCUT2D eigenvalue weighted by Crippen LogP contribution is 2.28. The van der Waals surface area contributed by atoms with Crippen molar-refractivity contribution in [2.24, 2.45) is 0 Å². The van der Waals surface area contributed by atoms with Crippen molar-refractivity contribution in [2.45, 2.75) is 39.0 Å². The molecule has 0 atom stereocenters. The van der Waals surface area contributed by atoms with Crippen molar-refractivity contribution in [3.05, 3.63) is 20.3 Å². The molecule has 0 aliphatic carbocycles. The zero-order valence-electron chi connectivity index (χ0n) is 8.75. The van der Waals surface area contributed by atoms with Gasteiger partial charge in [0, 0.05) is 11.3 Å². The number of thiophene rings is 1. The van der Waals surface area contributed by atoms with Crippen LogP contribution in [0.15, 0.2) is 9.85 Å². The average Bonchev–Trinajstić information content (AvgIpc) is 2.45. The van der Waals surface area contributed by atoms with Crippen LogP contribution >= 0.6 is 27.3 Å². The van der Waals surface area contributed by atoms with Gasteiger partial charge in [-0.15, -0.1) is 11.3 Å². The number of halogens is 1. The maximum atomic E-state index is 10.3. The second-order valence-corrected chi connectivity index (χ2v) is 6.08. The molecular weight excluding hydrogens is 276 g/mol. The third-order valence-corrected chi connectivity index (χ3v) is 4.42. The number of hydrogen-bond donors (Lipinski definition) is 1. The summed E-state index contributed by atoms with van der Waals surface area (Å²) in [6.07, 6.45) is 4.24. The molecule has 0 unspecified atom stereocenters. The number of rotatable bonds is 6. The zero-order chi connectivity index (χ0) is 11.3. The van der Waals surface area contributed by atoms with Crippen molar-refractivity contribution in [3.8, 4) is 0 Å². The SMILES string of the molecule is Cc1cc(CCCCCC(=O)O)sc1Br. The topological polar surface area (TPSA) is 37.3 Å². The fraction of sp³-hybridized carbons (Fsp3) is 0.545. The molecule has 0 aliphatic heterocycles. The molecule has 0 aromatic carbocycles. The highest BCUT2D eigenvalue weighted by atomic mass is 79.9. The summed E-state index contributed by atoms with van der Waals surface area (Å²) in [6, 6.07) is 2.20. The molecule has 1 rings (SSSR count). The van der Waals surface area contributed by atoms with Crippen LogP contribution < -0.4 is 0 Å². The first kappa shape index (κ1) is 12.7. The molecule has 4 heteroatoms. The lowest BCUT2D eigenvalue weighted by molar-refractivity contribution is -0.137. The van der Waals surface area contributed by atoms with Crippen molar-refractivity contribution in [1.29, 1.82) is 0 Å². The van der Waals surface area contributed by atoms with Crippen LogP contribution in [0.2, 0.25) is 0 Å². The van der Waals surface area contributed by atoms with E-state index in [4.69, 9.17) is 5.11 Å². The van der Waals surface area contributed by atoms with Crippen molar-refractivity contribution < 1.29 is 9.90 Å². The van der Waals surface area contributed by atoms with E-state index in [0.29, 0.717) is 6.42 Å². The van der Waals surface area contributed by atoms with Gasteiger partial charge in [-0.3, -0.25) is 4.79 Å². The first-order chi connectivity index (χ1) is 7.09. The zero-order valence-corrected chi connectivity index (χ0v) is 11.2. The van der Waals surface area contributed by atoms with Crippen LogP contribution in [0.1, 0.15) is 36.1 Å². The highest BCUT2D eigenvalue weighted by molar-refractivity contribution is 9.11.